The number of halogens is 1. The number of methoxy groups -OCH3 is 2. The Morgan fingerprint density at radius 1 is 1.07 bits per heavy atom. The molecular formula is C20H37IN4O3. The number of nitrogens with one attached hydrogen (secondary N) is 2. The fourth-order valence-corrected chi connectivity index (χ4v) is 2.54. The summed E-state index contributed by atoms with van der Waals surface area (Å²) in [4.78, 5) is 6.94. The molecule has 1 unspecified atom stereocenters. The minimum absolute atomic E-state index is 0. The van der Waals surface area contributed by atoms with Crippen molar-refractivity contribution in [3.63, 3.8) is 0 Å². The van der Waals surface area contributed by atoms with Crippen molar-refractivity contribution in [3.8, 4) is 5.75 Å². The second-order valence-corrected chi connectivity index (χ2v) is 6.36. The van der Waals surface area contributed by atoms with Gasteiger partial charge in [0.1, 0.15) is 5.75 Å². The SMILES string of the molecule is CCNC(=NCC(c1ccc(OC)cc1)N(C)C)NCCCOCCOC.I. The molecule has 0 saturated carbocycles. The van der Waals surface area contributed by atoms with E-state index in [1.165, 1.54) is 5.56 Å². The molecule has 0 saturated heterocycles. The van der Waals surface area contributed by atoms with E-state index in [2.05, 4.69) is 48.7 Å². The summed E-state index contributed by atoms with van der Waals surface area (Å²) in [5.74, 6) is 1.69. The van der Waals surface area contributed by atoms with Crippen LogP contribution in [0.2, 0.25) is 0 Å². The molecule has 8 heteroatoms. The Kier molecular flexibility index (Phi) is 16.2. The molecule has 28 heavy (non-hydrogen) atoms. The number of ether oxygens (including phenoxy) is 3. The molecule has 0 spiro atoms. The van der Waals surface area contributed by atoms with Crippen LogP contribution in [0.15, 0.2) is 29.3 Å². The third-order valence-electron chi connectivity index (χ3n) is 4.08. The van der Waals surface area contributed by atoms with Crippen LogP contribution in [-0.4, -0.2) is 78.6 Å². The van der Waals surface area contributed by atoms with Crippen LogP contribution >= 0.6 is 24.0 Å². The van der Waals surface area contributed by atoms with Crippen molar-refractivity contribution >= 4 is 29.9 Å². The van der Waals surface area contributed by atoms with Crippen molar-refractivity contribution in [2.75, 3.05) is 67.8 Å². The molecule has 0 aromatic heterocycles. The van der Waals surface area contributed by atoms with Crippen LogP contribution in [0.25, 0.3) is 0 Å². The third kappa shape index (κ3) is 11.0. The number of nitrogens with zero attached hydrogens (tertiary/aromatic N) is 2. The zero-order valence-electron chi connectivity index (χ0n) is 17.9. The van der Waals surface area contributed by atoms with Gasteiger partial charge in [-0.25, -0.2) is 0 Å². The van der Waals surface area contributed by atoms with E-state index in [-0.39, 0.29) is 30.0 Å². The van der Waals surface area contributed by atoms with E-state index >= 15 is 0 Å². The minimum atomic E-state index is 0. The van der Waals surface area contributed by atoms with Gasteiger partial charge < -0.3 is 29.7 Å². The summed E-state index contributed by atoms with van der Waals surface area (Å²) < 4.78 is 15.7. The average Bonchev–Trinajstić information content (AvgIpc) is 2.67. The summed E-state index contributed by atoms with van der Waals surface area (Å²) in [6, 6.07) is 8.36. The summed E-state index contributed by atoms with van der Waals surface area (Å²) >= 11 is 0. The summed E-state index contributed by atoms with van der Waals surface area (Å²) in [6.07, 6.45) is 0.920. The number of aliphatic imine (C=N–C) groups is 1. The zero-order valence-corrected chi connectivity index (χ0v) is 20.2. The van der Waals surface area contributed by atoms with Crippen LogP contribution in [0.3, 0.4) is 0 Å². The maximum absolute atomic E-state index is 5.48. The van der Waals surface area contributed by atoms with Crippen molar-refractivity contribution in [2.45, 2.75) is 19.4 Å². The molecule has 1 aromatic rings. The van der Waals surface area contributed by atoms with Crippen LogP contribution in [0.1, 0.15) is 24.9 Å². The van der Waals surface area contributed by atoms with Gasteiger partial charge in [-0.05, 0) is 45.1 Å². The van der Waals surface area contributed by atoms with Gasteiger partial charge in [0, 0.05) is 26.8 Å². The van der Waals surface area contributed by atoms with Crippen molar-refractivity contribution < 1.29 is 14.2 Å². The van der Waals surface area contributed by atoms with Crippen molar-refractivity contribution in [1.29, 1.82) is 0 Å². The van der Waals surface area contributed by atoms with Gasteiger partial charge in [0.25, 0.3) is 0 Å². The molecule has 0 fully saturated rings. The van der Waals surface area contributed by atoms with E-state index < -0.39 is 0 Å². The zero-order chi connectivity index (χ0) is 19.9. The Bertz CT molecular complexity index is 527. The first-order valence-electron chi connectivity index (χ1n) is 9.51. The lowest BCUT2D eigenvalue weighted by Gasteiger charge is -2.24. The van der Waals surface area contributed by atoms with Crippen LogP contribution in [-0.2, 0) is 9.47 Å². The first-order chi connectivity index (χ1) is 13.1. The molecule has 1 rings (SSSR count). The molecule has 1 aromatic carbocycles. The second-order valence-electron chi connectivity index (χ2n) is 6.36. The molecule has 0 bridgehead atoms. The Morgan fingerprint density at radius 2 is 1.79 bits per heavy atom. The Labute approximate surface area is 187 Å². The third-order valence-corrected chi connectivity index (χ3v) is 4.08. The lowest BCUT2D eigenvalue weighted by Crippen LogP contribution is -2.38. The molecular weight excluding hydrogens is 471 g/mol. The van der Waals surface area contributed by atoms with E-state index in [0.717, 1.165) is 31.2 Å². The molecule has 0 aliphatic heterocycles. The van der Waals surface area contributed by atoms with Crippen LogP contribution in [0.5, 0.6) is 5.75 Å². The fourth-order valence-electron chi connectivity index (χ4n) is 2.54. The Balaban J connectivity index is 0.00000729. The van der Waals surface area contributed by atoms with Gasteiger partial charge in [-0.3, -0.25) is 4.99 Å². The largest absolute Gasteiger partial charge is 0.497 e. The first-order valence-corrected chi connectivity index (χ1v) is 9.51. The lowest BCUT2D eigenvalue weighted by atomic mass is 10.1. The smallest absolute Gasteiger partial charge is 0.191 e. The van der Waals surface area contributed by atoms with Crippen molar-refractivity contribution in [2.24, 2.45) is 4.99 Å². The quantitative estimate of drug-likeness (QED) is 0.185. The van der Waals surface area contributed by atoms with E-state index in [4.69, 9.17) is 19.2 Å². The van der Waals surface area contributed by atoms with Gasteiger partial charge in [0.15, 0.2) is 5.96 Å². The highest BCUT2D eigenvalue weighted by atomic mass is 127. The molecule has 162 valence electrons. The lowest BCUT2D eigenvalue weighted by molar-refractivity contribution is 0.0698. The van der Waals surface area contributed by atoms with Gasteiger partial charge in [-0.1, -0.05) is 12.1 Å². The summed E-state index contributed by atoms with van der Waals surface area (Å²) in [5, 5.41) is 6.66. The standard InChI is InChI=1S/C20H36N4O3.HI/c1-6-21-20(22-12-7-13-27-15-14-25-4)23-16-19(24(2)3)17-8-10-18(26-5)11-9-17;/h8-11,19H,6-7,12-16H2,1-5H3,(H2,21,22,23);1H. The topological polar surface area (TPSA) is 67.4 Å². The van der Waals surface area contributed by atoms with E-state index in [1.54, 1.807) is 14.2 Å². The number of guanidine groups is 1. The maximum atomic E-state index is 5.48. The highest BCUT2D eigenvalue weighted by molar-refractivity contribution is 14.0. The van der Waals surface area contributed by atoms with Crippen molar-refractivity contribution in [3.05, 3.63) is 29.8 Å². The maximum Gasteiger partial charge on any atom is 0.191 e. The molecule has 0 radical (unpaired) electrons. The number of benzene rings is 1. The predicted octanol–water partition coefficient (Wildman–Crippen LogP) is 2.52. The van der Waals surface area contributed by atoms with Gasteiger partial charge in [0.2, 0.25) is 0 Å². The molecule has 0 amide bonds. The fraction of sp³-hybridized carbons (Fsp3) is 0.650. The molecule has 1 atom stereocenters. The second kappa shape index (κ2) is 16.8. The van der Waals surface area contributed by atoms with Crippen LogP contribution < -0.4 is 15.4 Å². The van der Waals surface area contributed by atoms with Gasteiger partial charge in [-0.2, -0.15) is 0 Å². The van der Waals surface area contributed by atoms with Crippen molar-refractivity contribution in [1.82, 2.24) is 15.5 Å². The van der Waals surface area contributed by atoms with Gasteiger partial charge >= 0.3 is 0 Å². The summed E-state index contributed by atoms with van der Waals surface area (Å²) in [6.45, 7) is 6.35. The minimum Gasteiger partial charge on any atom is -0.497 e. The highest BCUT2D eigenvalue weighted by Crippen LogP contribution is 2.21. The average molecular weight is 508 g/mol. The molecule has 0 heterocycles. The van der Waals surface area contributed by atoms with Crippen LogP contribution in [0.4, 0.5) is 0 Å². The number of rotatable bonds is 13. The molecule has 7 nitrogen and oxygen atoms in total. The van der Waals surface area contributed by atoms with Crippen LogP contribution in [0, 0.1) is 0 Å². The normalized spacial score (nSPS) is 12.4. The predicted molar refractivity (Wildman–Crippen MR) is 126 cm³/mol. The van der Waals surface area contributed by atoms with E-state index in [9.17, 15) is 0 Å². The first kappa shape index (κ1) is 26.9. The summed E-state index contributed by atoms with van der Waals surface area (Å²) in [7, 11) is 7.50. The molecule has 2 N–H and O–H groups in total. The number of likely N-dealkylation sites (N-methyl/N-ethyl adjacent to an activating group) is 1. The number of hydrogen-bond donors (Lipinski definition) is 2. The number of hydrogen-bond acceptors (Lipinski definition) is 5. The monoisotopic (exact) mass is 508 g/mol. The highest BCUT2D eigenvalue weighted by Gasteiger charge is 2.14. The van der Waals surface area contributed by atoms with E-state index in [1.807, 2.05) is 12.1 Å². The molecule has 0 aliphatic rings. The Hall–Kier alpha value is -1.10. The van der Waals surface area contributed by atoms with E-state index in [0.29, 0.717) is 26.4 Å². The van der Waals surface area contributed by atoms with Gasteiger partial charge in [-0.15, -0.1) is 24.0 Å². The Morgan fingerprint density at radius 3 is 2.36 bits per heavy atom. The van der Waals surface area contributed by atoms with Gasteiger partial charge in [0.05, 0.1) is 32.9 Å². The summed E-state index contributed by atoms with van der Waals surface area (Å²) in [5.41, 5.74) is 1.21. The molecule has 0 aliphatic carbocycles.